The fraction of sp³-hybridized carbons (Fsp3) is 0.238. The fourth-order valence-electron chi connectivity index (χ4n) is 2.77. The lowest BCUT2D eigenvalue weighted by atomic mass is 10.1. The van der Waals surface area contributed by atoms with E-state index in [0.29, 0.717) is 10.7 Å². The maximum absolute atomic E-state index is 12.2. The predicted octanol–water partition coefficient (Wildman–Crippen LogP) is 3.71. The van der Waals surface area contributed by atoms with Crippen molar-refractivity contribution >= 4 is 23.6 Å². The van der Waals surface area contributed by atoms with Gasteiger partial charge < -0.3 is 4.57 Å². The van der Waals surface area contributed by atoms with Crippen molar-refractivity contribution in [2.75, 3.05) is 5.75 Å². The molecule has 28 heavy (non-hydrogen) atoms. The van der Waals surface area contributed by atoms with Gasteiger partial charge in [0.2, 0.25) is 5.91 Å². The van der Waals surface area contributed by atoms with Gasteiger partial charge in [0.25, 0.3) is 5.91 Å². The van der Waals surface area contributed by atoms with Crippen molar-refractivity contribution in [3.05, 3.63) is 65.7 Å². The number of rotatable bonds is 7. The molecule has 0 aliphatic rings. The minimum absolute atomic E-state index is 0.0915. The molecular formula is C21H22N4O2S. The molecule has 0 saturated carbocycles. The number of benzene rings is 2. The highest BCUT2D eigenvalue weighted by molar-refractivity contribution is 7.99. The van der Waals surface area contributed by atoms with Gasteiger partial charge in [0.15, 0.2) is 11.0 Å². The third-order valence-corrected chi connectivity index (χ3v) is 5.03. The second-order valence-corrected chi connectivity index (χ2v) is 7.30. The number of nitrogens with one attached hydrogen (secondary N) is 1. The van der Waals surface area contributed by atoms with Gasteiger partial charge in [-0.1, -0.05) is 60.6 Å². The lowest BCUT2D eigenvalue weighted by Crippen LogP contribution is -2.31. The highest BCUT2D eigenvalue weighted by Gasteiger charge is 2.16. The summed E-state index contributed by atoms with van der Waals surface area (Å²) < 4.78 is 2.02. The van der Waals surface area contributed by atoms with Crippen molar-refractivity contribution in [1.29, 1.82) is 0 Å². The Balaban J connectivity index is 1.68. The van der Waals surface area contributed by atoms with E-state index in [-0.39, 0.29) is 11.7 Å². The van der Waals surface area contributed by atoms with Gasteiger partial charge in [-0.2, -0.15) is 0 Å². The van der Waals surface area contributed by atoms with Crippen LogP contribution in [0.25, 0.3) is 11.4 Å². The van der Waals surface area contributed by atoms with E-state index < -0.39 is 5.91 Å². The van der Waals surface area contributed by atoms with Crippen LogP contribution in [-0.4, -0.2) is 32.3 Å². The molecule has 7 heteroatoms. The summed E-state index contributed by atoms with van der Waals surface area (Å²) in [7, 11) is 0. The highest BCUT2D eigenvalue weighted by atomic mass is 32.2. The summed E-state index contributed by atoms with van der Waals surface area (Å²) in [4.78, 5) is 24.3. The molecule has 0 bridgehead atoms. The van der Waals surface area contributed by atoms with Crippen LogP contribution < -0.4 is 5.32 Å². The number of thioether (sulfide) groups is 1. The molecule has 0 radical (unpaired) electrons. The second-order valence-electron chi connectivity index (χ2n) is 6.36. The molecule has 0 atom stereocenters. The Hall–Kier alpha value is -2.93. The number of aromatic nitrogens is 3. The van der Waals surface area contributed by atoms with Gasteiger partial charge in [-0.05, 0) is 31.5 Å². The minimum Gasteiger partial charge on any atom is -0.302 e. The normalized spacial score (nSPS) is 10.6. The summed E-state index contributed by atoms with van der Waals surface area (Å²) in [5.41, 5.74) is 2.60. The van der Waals surface area contributed by atoms with Gasteiger partial charge in [0, 0.05) is 17.7 Å². The average Bonchev–Trinajstić information content (AvgIpc) is 3.10. The Morgan fingerprint density at radius 3 is 2.57 bits per heavy atom. The maximum atomic E-state index is 12.2. The number of amides is 2. The molecule has 2 aromatic carbocycles. The third kappa shape index (κ3) is 4.86. The number of nitrogens with zero attached hydrogens (tertiary/aromatic N) is 3. The van der Waals surface area contributed by atoms with E-state index in [4.69, 9.17) is 0 Å². The standard InChI is InChI=1S/C21H22N4O2S/c1-3-12-25-19(17-11-7-8-15(2)13-17)23-24-21(25)28-14-18(26)22-20(27)16-9-5-4-6-10-16/h4-11,13H,3,12,14H2,1-2H3,(H,22,26,27). The van der Waals surface area contributed by atoms with Crippen LogP contribution in [0.4, 0.5) is 0 Å². The van der Waals surface area contributed by atoms with Gasteiger partial charge in [0.1, 0.15) is 0 Å². The lowest BCUT2D eigenvalue weighted by Gasteiger charge is -2.09. The molecule has 1 aromatic heterocycles. The summed E-state index contributed by atoms with van der Waals surface area (Å²) in [6, 6.07) is 16.8. The summed E-state index contributed by atoms with van der Waals surface area (Å²) >= 11 is 1.28. The van der Waals surface area contributed by atoms with Crippen molar-refractivity contribution in [2.45, 2.75) is 32.0 Å². The largest absolute Gasteiger partial charge is 0.302 e. The van der Waals surface area contributed by atoms with Gasteiger partial charge in [0.05, 0.1) is 5.75 Å². The smallest absolute Gasteiger partial charge is 0.257 e. The molecular weight excluding hydrogens is 372 g/mol. The van der Waals surface area contributed by atoms with E-state index in [1.165, 1.54) is 11.8 Å². The number of hydrogen-bond donors (Lipinski definition) is 1. The first-order valence-corrected chi connectivity index (χ1v) is 10.1. The molecule has 0 aliphatic heterocycles. The first-order chi connectivity index (χ1) is 13.6. The molecule has 3 rings (SSSR count). The third-order valence-electron chi connectivity index (χ3n) is 4.06. The fourth-order valence-corrected chi connectivity index (χ4v) is 3.54. The van der Waals surface area contributed by atoms with E-state index >= 15 is 0 Å². The van der Waals surface area contributed by atoms with Crippen molar-refractivity contribution in [2.24, 2.45) is 0 Å². The van der Waals surface area contributed by atoms with Crippen molar-refractivity contribution in [1.82, 2.24) is 20.1 Å². The van der Waals surface area contributed by atoms with E-state index in [0.717, 1.165) is 29.9 Å². The molecule has 0 fully saturated rings. The van der Waals surface area contributed by atoms with E-state index in [9.17, 15) is 9.59 Å². The quantitative estimate of drug-likeness (QED) is 0.618. The molecule has 0 spiro atoms. The zero-order chi connectivity index (χ0) is 19.9. The summed E-state index contributed by atoms with van der Waals surface area (Å²) in [5.74, 6) is 0.117. The zero-order valence-corrected chi connectivity index (χ0v) is 16.7. The second kappa shape index (κ2) is 9.32. The Morgan fingerprint density at radius 1 is 1.07 bits per heavy atom. The number of carbonyl (C=O) groups is 2. The first kappa shape index (κ1) is 19.8. The van der Waals surface area contributed by atoms with E-state index in [1.807, 2.05) is 35.8 Å². The Labute approximate surface area is 168 Å². The lowest BCUT2D eigenvalue weighted by molar-refractivity contribution is -0.117. The van der Waals surface area contributed by atoms with Crippen molar-refractivity contribution in [3.63, 3.8) is 0 Å². The van der Waals surface area contributed by atoms with Crippen LogP contribution in [0.1, 0.15) is 29.3 Å². The molecule has 3 aromatic rings. The van der Waals surface area contributed by atoms with Gasteiger partial charge in [-0.15, -0.1) is 10.2 Å². The zero-order valence-electron chi connectivity index (χ0n) is 15.9. The van der Waals surface area contributed by atoms with Crippen LogP contribution in [0.15, 0.2) is 59.8 Å². The minimum atomic E-state index is -0.401. The van der Waals surface area contributed by atoms with Crippen LogP contribution in [0, 0.1) is 6.92 Å². The molecule has 1 heterocycles. The maximum Gasteiger partial charge on any atom is 0.257 e. The van der Waals surface area contributed by atoms with Gasteiger partial charge >= 0.3 is 0 Å². The van der Waals surface area contributed by atoms with E-state index in [1.54, 1.807) is 24.3 Å². The molecule has 0 unspecified atom stereocenters. The number of carbonyl (C=O) groups excluding carboxylic acids is 2. The Kier molecular flexibility index (Phi) is 6.60. The molecule has 2 amide bonds. The Bertz CT molecular complexity index is 970. The molecule has 0 saturated heterocycles. The summed E-state index contributed by atoms with van der Waals surface area (Å²) in [6.45, 7) is 4.87. The SMILES string of the molecule is CCCn1c(SCC(=O)NC(=O)c2ccccc2)nnc1-c1cccc(C)c1. The monoisotopic (exact) mass is 394 g/mol. The molecule has 0 aliphatic carbocycles. The van der Waals surface area contributed by atoms with Gasteiger partial charge in [-0.25, -0.2) is 0 Å². The first-order valence-electron chi connectivity index (χ1n) is 9.10. The predicted molar refractivity (Wildman–Crippen MR) is 110 cm³/mol. The average molecular weight is 395 g/mol. The van der Waals surface area contributed by atoms with Crippen LogP contribution in [0.2, 0.25) is 0 Å². The van der Waals surface area contributed by atoms with Crippen molar-refractivity contribution in [3.8, 4) is 11.4 Å². The number of hydrogen-bond acceptors (Lipinski definition) is 5. The highest BCUT2D eigenvalue weighted by Crippen LogP contribution is 2.25. The molecule has 1 N–H and O–H groups in total. The number of aryl methyl sites for hydroxylation is 1. The van der Waals surface area contributed by atoms with Crippen LogP contribution in [0.3, 0.4) is 0 Å². The summed E-state index contributed by atoms with van der Waals surface area (Å²) in [6.07, 6.45) is 0.920. The van der Waals surface area contributed by atoms with E-state index in [2.05, 4.69) is 28.5 Å². The van der Waals surface area contributed by atoms with Crippen molar-refractivity contribution < 1.29 is 9.59 Å². The van der Waals surface area contributed by atoms with Crippen LogP contribution in [-0.2, 0) is 11.3 Å². The van der Waals surface area contributed by atoms with Crippen LogP contribution >= 0.6 is 11.8 Å². The van der Waals surface area contributed by atoms with Crippen LogP contribution in [0.5, 0.6) is 0 Å². The summed E-state index contributed by atoms with van der Waals surface area (Å²) in [5, 5.41) is 11.7. The molecule has 6 nitrogen and oxygen atoms in total. The Morgan fingerprint density at radius 2 is 1.86 bits per heavy atom. The van der Waals surface area contributed by atoms with Gasteiger partial charge in [-0.3, -0.25) is 14.9 Å². The number of imide groups is 1. The topological polar surface area (TPSA) is 76.9 Å². The molecule has 144 valence electrons.